The van der Waals surface area contributed by atoms with Crippen molar-refractivity contribution in [3.63, 3.8) is 0 Å². The van der Waals surface area contributed by atoms with E-state index >= 15 is 0 Å². The molecule has 18 heavy (non-hydrogen) atoms. The molecule has 0 aromatic heterocycles. The van der Waals surface area contributed by atoms with Gasteiger partial charge in [0.1, 0.15) is 0 Å². The van der Waals surface area contributed by atoms with Gasteiger partial charge in [0.05, 0.1) is 6.10 Å². The molecule has 100 valence electrons. The highest BCUT2D eigenvalue weighted by Crippen LogP contribution is 2.34. The van der Waals surface area contributed by atoms with Crippen LogP contribution in [0.15, 0.2) is 24.3 Å². The molecule has 2 rings (SSSR count). The smallest absolute Gasteiger partial charge is 0.0818 e. The number of rotatable bonds is 4. The molecule has 0 amide bonds. The Morgan fingerprint density at radius 2 is 1.67 bits per heavy atom. The molecule has 1 saturated carbocycles. The number of hydrogen-bond acceptors (Lipinski definition) is 1. The lowest BCUT2D eigenvalue weighted by Crippen LogP contribution is -2.15. The number of aliphatic hydroxyl groups excluding tert-OH is 1. The molecule has 0 heterocycles. The zero-order chi connectivity index (χ0) is 13.0. The van der Waals surface area contributed by atoms with E-state index in [1.54, 1.807) is 0 Å². The summed E-state index contributed by atoms with van der Waals surface area (Å²) in [7, 11) is 0. The van der Waals surface area contributed by atoms with Crippen molar-refractivity contribution in [1.82, 2.24) is 0 Å². The van der Waals surface area contributed by atoms with Crippen LogP contribution in [-0.2, 0) is 6.42 Å². The molecule has 1 atom stereocenters. The van der Waals surface area contributed by atoms with Crippen molar-refractivity contribution >= 4 is 0 Å². The second-order valence-electron chi connectivity index (χ2n) is 6.18. The molecule has 0 aliphatic heterocycles. The Kier molecular flexibility index (Phi) is 4.82. The van der Waals surface area contributed by atoms with Gasteiger partial charge in [-0.15, -0.1) is 0 Å². The van der Waals surface area contributed by atoms with Crippen molar-refractivity contribution in [2.75, 3.05) is 0 Å². The molecular formula is C17H26O. The van der Waals surface area contributed by atoms with Crippen molar-refractivity contribution in [2.45, 2.75) is 58.5 Å². The summed E-state index contributed by atoms with van der Waals surface area (Å²) in [6.45, 7) is 4.48. The van der Waals surface area contributed by atoms with Gasteiger partial charge in [0, 0.05) is 0 Å². The second-order valence-corrected chi connectivity index (χ2v) is 6.18. The van der Waals surface area contributed by atoms with Crippen molar-refractivity contribution < 1.29 is 5.11 Å². The summed E-state index contributed by atoms with van der Waals surface area (Å²) in [6.07, 6.45) is 7.17. The molecule has 1 fully saturated rings. The minimum Gasteiger partial charge on any atom is -0.388 e. The summed E-state index contributed by atoms with van der Waals surface area (Å²) in [5.41, 5.74) is 2.49. The first-order valence-corrected chi connectivity index (χ1v) is 7.43. The Bertz CT molecular complexity index is 346. The molecule has 1 unspecified atom stereocenters. The monoisotopic (exact) mass is 246 g/mol. The van der Waals surface area contributed by atoms with Crippen LogP contribution in [0.4, 0.5) is 0 Å². The fourth-order valence-corrected chi connectivity index (χ4v) is 3.04. The van der Waals surface area contributed by atoms with Crippen LogP contribution < -0.4 is 0 Å². The number of aliphatic hydroxyl groups is 1. The largest absolute Gasteiger partial charge is 0.388 e. The van der Waals surface area contributed by atoms with Crippen molar-refractivity contribution in [3.8, 4) is 0 Å². The van der Waals surface area contributed by atoms with Crippen LogP contribution in [0.25, 0.3) is 0 Å². The summed E-state index contributed by atoms with van der Waals surface area (Å²) in [6, 6.07) is 8.61. The van der Waals surface area contributed by atoms with Crippen LogP contribution in [0.2, 0.25) is 0 Å². The first-order chi connectivity index (χ1) is 8.66. The van der Waals surface area contributed by atoms with Crippen molar-refractivity contribution in [3.05, 3.63) is 35.4 Å². The van der Waals surface area contributed by atoms with Crippen molar-refractivity contribution in [1.29, 1.82) is 0 Å². The van der Waals surface area contributed by atoms with E-state index in [-0.39, 0.29) is 6.10 Å². The van der Waals surface area contributed by atoms with Crippen LogP contribution in [0.1, 0.15) is 63.2 Å². The van der Waals surface area contributed by atoms with E-state index < -0.39 is 0 Å². The number of hydrogen-bond donors (Lipinski definition) is 1. The maximum absolute atomic E-state index is 10.4. The highest BCUT2D eigenvalue weighted by molar-refractivity contribution is 5.25. The predicted octanol–water partition coefficient (Wildman–Crippen LogP) is 4.50. The van der Waals surface area contributed by atoms with Gasteiger partial charge in [-0.3, -0.25) is 0 Å². The Morgan fingerprint density at radius 3 is 2.22 bits per heavy atom. The molecule has 1 aromatic carbocycles. The van der Waals surface area contributed by atoms with Crippen LogP contribution in [0.5, 0.6) is 0 Å². The zero-order valence-corrected chi connectivity index (χ0v) is 11.7. The minimum atomic E-state index is -0.251. The third kappa shape index (κ3) is 3.58. The molecule has 1 aliphatic rings. The van der Waals surface area contributed by atoms with E-state index in [9.17, 15) is 5.11 Å². The van der Waals surface area contributed by atoms with E-state index in [0.29, 0.717) is 11.8 Å². The SMILES string of the molecule is CC(C)Cc1ccc(C(O)C2CCCCC2)cc1. The molecule has 1 aromatic rings. The fraction of sp³-hybridized carbons (Fsp3) is 0.647. The van der Waals surface area contributed by atoms with E-state index in [4.69, 9.17) is 0 Å². The van der Waals surface area contributed by atoms with Gasteiger partial charge in [0.25, 0.3) is 0 Å². The Balaban J connectivity index is 1.99. The Morgan fingerprint density at radius 1 is 1.06 bits per heavy atom. The molecule has 1 aliphatic carbocycles. The fourth-order valence-electron chi connectivity index (χ4n) is 3.04. The Labute approximate surface area is 111 Å². The van der Waals surface area contributed by atoms with Crippen LogP contribution in [0.3, 0.4) is 0 Å². The molecule has 1 nitrogen and oxygen atoms in total. The van der Waals surface area contributed by atoms with E-state index in [2.05, 4.69) is 38.1 Å². The minimum absolute atomic E-state index is 0.251. The summed E-state index contributed by atoms with van der Waals surface area (Å²) < 4.78 is 0. The standard InChI is InChI=1S/C17H26O/c1-13(2)12-14-8-10-16(11-9-14)17(18)15-6-4-3-5-7-15/h8-11,13,15,17-18H,3-7,12H2,1-2H3. The maximum atomic E-state index is 10.4. The van der Waals surface area contributed by atoms with Gasteiger partial charge in [-0.2, -0.15) is 0 Å². The van der Waals surface area contributed by atoms with Gasteiger partial charge >= 0.3 is 0 Å². The summed E-state index contributed by atoms with van der Waals surface area (Å²) in [5.74, 6) is 1.17. The van der Waals surface area contributed by atoms with Gasteiger partial charge in [-0.25, -0.2) is 0 Å². The molecule has 0 bridgehead atoms. The van der Waals surface area contributed by atoms with Crippen molar-refractivity contribution in [2.24, 2.45) is 11.8 Å². The van der Waals surface area contributed by atoms with Crippen LogP contribution >= 0.6 is 0 Å². The second kappa shape index (κ2) is 6.38. The zero-order valence-electron chi connectivity index (χ0n) is 11.7. The van der Waals surface area contributed by atoms with Gasteiger partial charge in [-0.1, -0.05) is 57.4 Å². The van der Waals surface area contributed by atoms with Gasteiger partial charge < -0.3 is 5.11 Å². The topological polar surface area (TPSA) is 20.2 Å². The third-order valence-corrected chi connectivity index (χ3v) is 4.06. The van der Waals surface area contributed by atoms with Gasteiger partial charge in [0.2, 0.25) is 0 Å². The summed E-state index contributed by atoms with van der Waals surface area (Å²) >= 11 is 0. The average Bonchev–Trinajstić information content (AvgIpc) is 2.39. The molecular weight excluding hydrogens is 220 g/mol. The summed E-state index contributed by atoms with van der Waals surface area (Å²) in [4.78, 5) is 0. The van der Waals surface area contributed by atoms with E-state index in [1.165, 1.54) is 37.7 Å². The van der Waals surface area contributed by atoms with E-state index in [1.807, 2.05) is 0 Å². The van der Waals surface area contributed by atoms with Gasteiger partial charge in [0.15, 0.2) is 0 Å². The maximum Gasteiger partial charge on any atom is 0.0818 e. The molecule has 1 N–H and O–H groups in total. The molecule has 0 saturated heterocycles. The first-order valence-electron chi connectivity index (χ1n) is 7.43. The van der Waals surface area contributed by atoms with Crippen LogP contribution in [-0.4, -0.2) is 5.11 Å². The molecule has 1 heteroatoms. The van der Waals surface area contributed by atoms with E-state index in [0.717, 1.165) is 12.0 Å². The van der Waals surface area contributed by atoms with Crippen LogP contribution in [0, 0.1) is 11.8 Å². The predicted molar refractivity (Wildman–Crippen MR) is 76.5 cm³/mol. The highest BCUT2D eigenvalue weighted by atomic mass is 16.3. The highest BCUT2D eigenvalue weighted by Gasteiger charge is 2.22. The molecule has 0 spiro atoms. The third-order valence-electron chi connectivity index (χ3n) is 4.06. The normalized spacial score (nSPS) is 19.1. The lowest BCUT2D eigenvalue weighted by atomic mass is 9.82. The lowest BCUT2D eigenvalue weighted by molar-refractivity contribution is 0.0848. The summed E-state index contributed by atoms with van der Waals surface area (Å²) in [5, 5.41) is 10.4. The Hall–Kier alpha value is -0.820. The number of benzene rings is 1. The quantitative estimate of drug-likeness (QED) is 0.829. The van der Waals surface area contributed by atoms with Gasteiger partial charge in [-0.05, 0) is 42.2 Å². The lowest BCUT2D eigenvalue weighted by Gasteiger charge is -2.27. The first kappa shape index (κ1) is 13.6. The molecule has 0 radical (unpaired) electrons. The average molecular weight is 246 g/mol.